The van der Waals surface area contributed by atoms with Crippen LogP contribution in [0, 0.1) is 5.82 Å². The lowest BCUT2D eigenvalue weighted by Crippen LogP contribution is -2.53. The minimum atomic E-state index is -1.63. The van der Waals surface area contributed by atoms with Gasteiger partial charge in [0.2, 0.25) is 5.82 Å². The molecule has 2 rings (SSSR count). The molecule has 0 radical (unpaired) electrons. The smallest absolute Gasteiger partial charge is 0.330 e. The van der Waals surface area contributed by atoms with E-state index in [-0.39, 0.29) is 6.61 Å². The third-order valence-corrected chi connectivity index (χ3v) is 2.67. The fourth-order valence-electron chi connectivity index (χ4n) is 1.69. The molecule has 1 saturated heterocycles. The molecule has 1 fully saturated rings. The maximum atomic E-state index is 13.1. The molecule has 0 aromatic carbocycles. The Morgan fingerprint density at radius 1 is 1.33 bits per heavy atom. The first-order valence-electron chi connectivity index (χ1n) is 5.08. The molecule has 1 aromatic heterocycles. The van der Waals surface area contributed by atoms with Crippen LogP contribution in [0.15, 0.2) is 15.8 Å². The molecule has 9 heteroatoms. The van der Waals surface area contributed by atoms with Gasteiger partial charge in [0.1, 0.15) is 18.3 Å². The average molecular weight is 262 g/mol. The summed E-state index contributed by atoms with van der Waals surface area (Å²) in [6.07, 6.45) is -5.29. The molecule has 1 unspecified atom stereocenters. The third-order valence-electron chi connectivity index (χ3n) is 2.67. The van der Waals surface area contributed by atoms with Gasteiger partial charge in [0.25, 0.3) is 5.56 Å². The highest BCUT2D eigenvalue weighted by Crippen LogP contribution is 2.22. The summed E-state index contributed by atoms with van der Waals surface area (Å²) in [5, 5.41) is 28.3. The summed E-state index contributed by atoms with van der Waals surface area (Å²) in [6.45, 7) is -0.337. The van der Waals surface area contributed by atoms with Gasteiger partial charge in [0.05, 0.1) is 12.8 Å². The number of aromatic nitrogens is 2. The third kappa shape index (κ3) is 2.08. The predicted molar refractivity (Wildman–Crippen MR) is 54.3 cm³/mol. The number of nitrogens with one attached hydrogen (secondary N) is 1. The quantitative estimate of drug-likeness (QED) is 0.436. The zero-order valence-corrected chi connectivity index (χ0v) is 8.99. The highest BCUT2D eigenvalue weighted by molar-refractivity contribution is 4.92. The Balaban J connectivity index is 2.41. The number of hydrogen-bond donors (Lipinski definition) is 4. The van der Waals surface area contributed by atoms with Gasteiger partial charge in [-0.15, -0.1) is 0 Å². The molecule has 4 atom stereocenters. The van der Waals surface area contributed by atoms with Crippen molar-refractivity contribution in [2.24, 2.45) is 0 Å². The van der Waals surface area contributed by atoms with E-state index in [4.69, 9.17) is 4.74 Å². The van der Waals surface area contributed by atoms with Crippen LogP contribution in [-0.4, -0.2) is 49.8 Å². The van der Waals surface area contributed by atoms with Crippen molar-refractivity contribution in [2.75, 3.05) is 6.61 Å². The Hall–Kier alpha value is -1.55. The number of rotatable bonds is 1. The summed E-state index contributed by atoms with van der Waals surface area (Å²) in [5.74, 6) is -1.23. The molecule has 4 N–H and O–H groups in total. The van der Waals surface area contributed by atoms with Gasteiger partial charge in [0, 0.05) is 0 Å². The Kier molecular flexibility index (Phi) is 3.30. The lowest BCUT2D eigenvalue weighted by atomic mass is 10.0. The van der Waals surface area contributed by atoms with Crippen molar-refractivity contribution in [1.29, 1.82) is 0 Å². The van der Waals surface area contributed by atoms with Gasteiger partial charge in [-0.25, -0.2) is 4.79 Å². The second-order valence-corrected chi connectivity index (χ2v) is 3.92. The summed E-state index contributed by atoms with van der Waals surface area (Å²) in [7, 11) is 0. The van der Waals surface area contributed by atoms with Crippen molar-refractivity contribution in [3.05, 3.63) is 32.9 Å². The van der Waals surface area contributed by atoms with Crippen LogP contribution in [0.25, 0.3) is 0 Å². The molecular formula is C9H11FN2O6. The van der Waals surface area contributed by atoms with Crippen LogP contribution in [0.2, 0.25) is 0 Å². The minimum Gasteiger partial charge on any atom is -0.388 e. The standard InChI is InChI=1S/C9H11FN2O6/c10-3-1-12(9(17)11-7(3)16)8-6(15)5(14)4(13)2-18-8/h1,4-6,8,13-15H,2H2,(H,11,16,17)/t4-,5-,6-,8?/m0/s1. The van der Waals surface area contributed by atoms with Crippen LogP contribution in [0.5, 0.6) is 0 Å². The topological polar surface area (TPSA) is 125 Å². The van der Waals surface area contributed by atoms with Crippen molar-refractivity contribution in [3.8, 4) is 0 Å². The molecule has 1 aromatic rings. The maximum Gasteiger partial charge on any atom is 0.330 e. The number of aliphatic hydroxyl groups is 3. The highest BCUT2D eigenvalue weighted by Gasteiger charge is 2.39. The van der Waals surface area contributed by atoms with Gasteiger partial charge < -0.3 is 20.1 Å². The number of halogens is 1. The van der Waals surface area contributed by atoms with Gasteiger partial charge in [-0.05, 0) is 0 Å². The molecule has 0 saturated carbocycles. The second kappa shape index (κ2) is 4.61. The largest absolute Gasteiger partial charge is 0.388 e. The van der Waals surface area contributed by atoms with Crippen molar-refractivity contribution in [3.63, 3.8) is 0 Å². The second-order valence-electron chi connectivity index (χ2n) is 3.92. The van der Waals surface area contributed by atoms with Crippen molar-refractivity contribution in [1.82, 2.24) is 9.55 Å². The molecule has 100 valence electrons. The van der Waals surface area contributed by atoms with E-state index >= 15 is 0 Å². The molecular weight excluding hydrogens is 251 g/mol. The van der Waals surface area contributed by atoms with E-state index in [9.17, 15) is 29.3 Å². The maximum absolute atomic E-state index is 13.1. The van der Waals surface area contributed by atoms with E-state index in [0.29, 0.717) is 10.8 Å². The molecule has 0 spiro atoms. The average Bonchev–Trinajstić information content (AvgIpc) is 2.32. The number of aliphatic hydroxyl groups excluding tert-OH is 3. The summed E-state index contributed by atoms with van der Waals surface area (Å²) < 4.78 is 18.6. The van der Waals surface area contributed by atoms with E-state index in [2.05, 4.69) is 0 Å². The normalized spacial score (nSPS) is 32.4. The van der Waals surface area contributed by atoms with Gasteiger partial charge in [-0.3, -0.25) is 14.3 Å². The Bertz CT molecular complexity index is 555. The molecule has 0 amide bonds. The summed E-state index contributed by atoms with van der Waals surface area (Å²) in [6, 6.07) is 0. The minimum absolute atomic E-state index is 0.337. The summed E-state index contributed by atoms with van der Waals surface area (Å²) in [4.78, 5) is 24.0. The fraction of sp³-hybridized carbons (Fsp3) is 0.556. The van der Waals surface area contributed by atoms with E-state index in [0.717, 1.165) is 0 Å². The molecule has 1 aliphatic rings. The van der Waals surface area contributed by atoms with Gasteiger partial charge in [-0.1, -0.05) is 0 Å². The van der Waals surface area contributed by atoms with Crippen LogP contribution in [-0.2, 0) is 4.74 Å². The number of ether oxygens (including phenoxy) is 1. The van der Waals surface area contributed by atoms with Gasteiger partial charge in [-0.2, -0.15) is 4.39 Å². The van der Waals surface area contributed by atoms with Crippen molar-refractivity contribution >= 4 is 0 Å². The molecule has 1 aliphatic heterocycles. The lowest BCUT2D eigenvalue weighted by Gasteiger charge is -2.35. The van der Waals surface area contributed by atoms with E-state index < -0.39 is 41.6 Å². The Morgan fingerprint density at radius 3 is 2.67 bits per heavy atom. The van der Waals surface area contributed by atoms with Crippen LogP contribution in [0.4, 0.5) is 4.39 Å². The number of aromatic amines is 1. The van der Waals surface area contributed by atoms with Crippen LogP contribution < -0.4 is 11.2 Å². The van der Waals surface area contributed by atoms with Gasteiger partial charge >= 0.3 is 5.69 Å². The summed E-state index contributed by atoms with van der Waals surface area (Å²) in [5.41, 5.74) is -2.18. The molecule has 2 heterocycles. The zero-order chi connectivity index (χ0) is 13.4. The van der Waals surface area contributed by atoms with E-state index in [1.165, 1.54) is 0 Å². The van der Waals surface area contributed by atoms with Crippen LogP contribution in [0.1, 0.15) is 6.23 Å². The predicted octanol–water partition coefficient (Wildman–Crippen LogP) is -2.71. The zero-order valence-electron chi connectivity index (χ0n) is 8.99. The Morgan fingerprint density at radius 2 is 2.00 bits per heavy atom. The lowest BCUT2D eigenvalue weighted by molar-refractivity contribution is -0.212. The summed E-state index contributed by atoms with van der Waals surface area (Å²) >= 11 is 0. The number of H-pyrrole nitrogens is 1. The number of hydrogen-bond acceptors (Lipinski definition) is 6. The van der Waals surface area contributed by atoms with Gasteiger partial charge in [0.15, 0.2) is 6.23 Å². The first-order valence-corrected chi connectivity index (χ1v) is 5.08. The van der Waals surface area contributed by atoms with Crippen molar-refractivity contribution in [2.45, 2.75) is 24.5 Å². The van der Waals surface area contributed by atoms with Crippen LogP contribution >= 0.6 is 0 Å². The molecule has 0 bridgehead atoms. The highest BCUT2D eigenvalue weighted by atomic mass is 19.1. The van der Waals surface area contributed by atoms with Crippen molar-refractivity contribution < 1.29 is 24.4 Å². The SMILES string of the molecule is O=c1[nH]c(=O)n(C2OC[C@H](O)[C@H](O)[C@@H]2O)cc1F. The Labute approximate surface area is 98.9 Å². The molecule has 18 heavy (non-hydrogen) atoms. The first-order chi connectivity index (χ1) is 8.41. The van der Waals surface area contributed by atoms with E-state index in [1.807, 2.05) is 0 Å². The molecule has 8 nitrogen and oxygen atoms in total. The van der Waals surface area contributed by atoms with Crippen LogP contribution in [0.3, 0.4) is 0 Å². The monoisotopic (exact) mass is 262 g/mol. The molecule has 0 aliphatic carbocycles. The van der Waals surface area contributed by atoms with E-state index in [1.54, 1.807) is 4.98 Å². The fourth-order valence-corrected chi connectivity index (χ4v) is 1.69. The first kappa shape index (κ1) is 12.9. The number of nitrogens with zero attached hydrogens (tertiary/aromatic N) is 1.